The number of sulfonamides is 1. The highest BCUT2D eigenvalue weighted by atomic mass is 35.5. The van der Waals surface area contributed by atoms with Crippen molar-refractivity contribution in [3.8, 4) is 0 Å². The van der Waals surface area contributed by atoms with E-state index in [2.05, 4.69) is 4.72 Å². The molecule has 0 aliphatic rings. The van der Waals surface area contributed by atoms with Gasteiger partial charge in [0.25, 0.3) is 0 Å². The predicted molar refractivity (Wildman–Crippen MR) is 85.9 cm³/mol. The smallest absolute Gasteiger partial charge is 0.240 e. The van der Waals surface area contributed by atoms with Crippen LogP contribution in [0, 0.1) is 11.8 Å². The molecule has 0 spiro atoms. The minimum absolute atomic E-state index is 0.00385. The summed E-state index contributed by atoms with van der Waals surface area (Å²) in [6, 6.07) is 7.61. The maximum Gasteiger partial charge on any atom is 0.240 e. The summed E-state index contributed by atoms with van der Waals surface area (Å²) in [7, 11) is -3.65. The molecule has 6 heteroatoms. The number of aliphatic hydroxyl groups is 1. The summed E-state index contributed by atoms with van der Waals surface area (Å²) in [6.45, 7) is 5.69. The average Bonchev–Trinajstić information content (AvgIpc) is 2.51. The molecule has 1 aromatic carbocycles. The van der Waals surface area contributed by atoms with E-state index in [4.69, 9.17) is 11.6 Å². The van der Waals surface area contributed by atoms with Crippen LogP contribution in [0.2, 0.25) is 0 Å². The first-order chi connectivity index (χ1) is 9.83. The van der Waals surface area contributed by atoms with Crippen molar-refractivity contribution in [2.24, 2.45) is 11.8 Å². The molecule has 0 saturated carbocycles. The summed E-state index contributed by atoms with van der Waals surface area (Å²) >= 11 is 5.79. The summed E-state index contributed by atoms with van der Waals surface area (Å²) in [6.07, 6.45) is -0.0652. The molecule has 4 atom stereocenters. The molecule has 1 unspecified atom stereocenters. The Morgan fingerprint density at radius 3 is 2.24 bits per heavy atom. The lowest BCUT2D eigenvalue weighted by atomic mass is 9.89. The lowest BCUT2D eigenvalue weighted by Crippen LogP contribution is -2.49. The van der Waals surface area contributed by atoms with E-state index in [1.54, 1.807) is 18.2 Å². The van der Waals surface area contributed by atoms with Crippen LogP contribution in [0.25, 0.3) is 0 Å². The van der Waals surface area contributed by atoms with Crippen molar-refractivity contribution < 1.29 is 13.5 Å². The van der Waals surface area contributed by atoms with Gasteiger partial charge in [-0.25, -0.2) is 13.1 Å². The highest BCUT2D eigenvalue weighted by molar-refractivity contribution is 7.89. The second kappa shape index (κ2) is 8.13. The first-order valence-corrected chi connectivity index (χ1v) is 9.16. The first-order valence-electron chi connectivity index (χ1n) is 7.14. The van der Waals surface area contributed by atoms with Crippen molar-refractivity contribution in [1.82, 2.24) is 4.72 Å². The Labute approximate surface area is 132 Å². The Bertz CT molecular complexity index is 521. The highest BCUT2D eigenvalue weighted by Crippen LogP contribution is 2.20. The van der Waals surface area contributed by atoms with E-state index in [1.165, 1.54) is 12.1 Å². The quantitative estimate of drug-likeness (QED) is 0.719. The fraction of sp³-hybridized carbons (Fsp3) is 0.600. The fourth-order valence-corrected chi connectivity index (χ4v) is 3.63. The number of halogens is 1. The molecule has 0 radical (unpaired) electrons. The van der Waals surface area contributed by atoms with Crippen LogP contribution < -0.4 is 4.72 Å². The van der Waals surface area contributed by atoms with Crippen LogP contribution in [0.15, 0.2) is 35.2 Å². The van der Waals surface area contributed by atoms with E-state index >= 15 is 0 Å². The number of alkyl halides is 1. The maximum absolute atomic E-state index is 12.4. The van der Waals surface area contributed by atoms with Crippen molar-refractivity contribution in [3.63, 3.8) is 0 Å². The number of benzene rings is 1. The van der Waals surface area contributed by atoms with Crippen LogP contribution in [0.4, 0.5) is 0 Å². The Morgan fingerprint density at radius 1 is 1.19 bits per heavy atom. The molecule has 0 saturated heterocycles. The monoisotopic (exact) mass is 333 g/mol. The van der Waals surface area contributed by atoms with Crippen LogP contribution in [0.3, 0.4) is 0 Å². The van der Waals surface area contributed by atoms with Gasteiger partial charge in [-0.3, -0.25) is 0 Å². The Balaban J connectivity index is 3.01. The highest BCUT2D eigenvalue weighted by Gasteiger charge is 2.32. The fourth-order valence-electron chi connectivity index (χ4n) is 2.07. The van der Waals surface area contributed by atoms with Crippen LogP contribution in [-0.4, -0.2) is 31.6 Å². The largest absolute Gasteiger partial charge is 0.391 e. The number of aliphatic hydroxyl groups excluding tert-OH is 1. The number of hydrogen-bond acceptors (Lipinski definition) is 3. The average molecular weight is 334 g/mol. The van der Waals surface area contributed by atoms with E-state index in [0.717, 1.165) is 6.42 Å². The van der Waals surface area contributed by atoms with Crippen molar-refractivity contribution in [1.29, 1.82) is 0 Å². The second-order valence-corrected chi connectivity index (χ2v) is 7.49. The van der Waals surface area contributed by atoms with Crippen LogP contribution >= 0.6 is 11.6 Å². The standard InChI is InChI=1S/C15H24ClNO3S/c1-4-11(2)14(15(18)12(3)10-16)17-21(19,20)13-8-6-5-7-9-13/h5-9,11-12,14-15,17-18H,4,10H2,1-3H3/t11-,12?,14-,15-/m0/s1. The van der Waals surface area contributed by atoms with Crippen LogP contribution in [0.1, 0.15) is 27.2 Å². The van der Waals surface area contributed by atoms with Crippen molar-refractivity contribution in [3.05, 3.63) is 30.3 Å². The molecular formula is C15H24ClNO3S. The molecule has 1 rings (SSSR count). The van der Waals surface area contributed by atoms with Gasteiger partial charge < -0.3 is 5.11 Å². The molecule has 0 aromatic heterocycles. The van der Waals surface area contributed by atoms with Gasteiger partial charge in [-0.05, 0) is 24.0 Å². The van der Waals surface area contributed by atoms with E-state index in [1.807, 2.05) is 20.8 Å². The Morgan fingerprint density at radius 2 is 1.76 bits per heavy atom. The van der Waals surface area contributed by atoms with Crippen molar-refractivity contribution in [2.75, 3.05) is 5.88 Å². The van der Waals surface area contributed by atoms with Crippen molar-refractivity contribution in [2.45, 2.75) is 44.2 Å². The molecule has 0 amide bonds. The zero-order valence-electron chi connectivity index (χ0n) is 12.7. The third-order valence-electron chi connectivity index (χ3n) is 3.80. The van der Waals surface area contributed by atoms with Gasteiger partial charge in [-0.2, -0.15) is 0 Å². The van der Waals surface area contributed by atoms with E-state index in [9.17, 15) is 13.5 Å². The molecule has 21 heavy (non-hydrogen) atoms. The molecular weight excluding hydrogens is 310 g/mol. The summed E-state index contributed by atoms with van der Waals surface area (Å²) in [4.78, 5) is 0.198. The summed E-state index contributed by atoms with van der Waals surface area (Å²) in [5.41, 5.74) is 0. The molecule has 0 aliphatic carbocycles. The number of hydrogen-bond donors (Lipinski definition) is 2. The van der Waals surface area contributed by atoms with Gasteiger partial charge in [0, 0.05) is 5.88 Å². The van der Waals surface area contributed by atoms with Gasteiger partial charge in [0.15, 0.2) is 0 Å². The van der Waals surface area contributed by atoms with Crippen molar-refractivity contribution >= 4 is 21.6 Å². The van der Waals surface area contributed by atoms with E-state index in [-0.39, 0.29) is 22.6 Å². The summed E-state index contributed by atoms with van der Waals surface area (Å²) in [5.74, 6) is 0.0922. The molecule has 0 bridgehead atoms. The molecule has 0 fully saturated rings. The topological polar surface area (TPSA) is 66.4 Å². The van der Waals surface area contributed by atoms with Gasteiger partial charge in [-0.1, -0.05) is 45.4 Å². The second-order valence-electron chi connectivity index (χ2n) is 5.47. The van der Waals surface area contributed by atoms with E-state index < -0.39 is 22.2 Å². The van der Waals surface area contributed by atoms with Gasteiger partial charge in [0.05, 0.1) is 17.0 Å². The minimum Gasteiger partial charge on any atom is -0.391 e. The maximum atomic E-state index is 12.4. The predicted octanol–water partition coefficient (Wildman–Crippen LogP) is 2.62. The Hall–Kier alpha value is -0.620. The molecule has 0 heterocycles. The number of rotatable bonds is 8. The minimum atomic E-state index is -3.65. The summed E-state index contributed by atoms with van der Waals surface area (Å²) in [5, 5.41) is 10.4. The van der Waals surface area contributed by atoms with Gasteiger partial charge in [0.1, 0.15) is 0 Å². The van der Waals surface area contributed by atoms with Crippen LogP contribution in [-0.2, 0) is 10.0 Å². The summed E-state index contributed by atoms with van der Waals surface area (Å²) < 4.78 is 27.5. The lowest BCUT2D eigenvalue weighted by Gasteiger charge is -2.31. The zero-order chi connectivity index (χ0) is 16.0. The van der Waals surface area contributed by atoms with Gasteiger partial charge in [-0.15, -0.1) is 11.6 Å². The Kier molecular flexibility index (Phi) is 7.13. The molecule has 120 valence electrons. The molecule has 0 aliphatic heterocycles. The SMILES string of the molecule is CC[C@H](C)[C@H](NS(=O)(=O)c1ccccc1)[C@@H](O)C(C)CCl. The third kappa shape index (κ3) is 4.95. The van der Waals surface area contributed by atoms with Crippen LogP contribution in [0.5, 0.6) is 0 Å². The molecule has 4 nitrogen and oxygen atoms in total. The normalized spacial score (nSPS) is 18.0. The molecule has 2 N–H and O–H groups in total. The molecule has 1 aromatic rings. The van der Waals surface area contributed by atoms with Gasteiger partial charge in [0.2, 0.25) is 10.0 Å². The lowest BCUT2D eigenvalue weighted by molar-refractivity contribution is 0.0715. The third-order valence-corrected chi connectivity index (χ3v) is 5.76. The van der Waals surface area contributed by atoms with Gasteiger partial charge >= 0.3 is 0 Å². The number of nitrogens with one attached hydrogen (secondary N) is 1. The zero-order valence-corrected chi connectivity index (χ0v) is 14.2. The van der Waals surface area contributed by atoms with E-state index in [0.29, 0.717) is 0 Å². The first kappa shape index (κ1) is 18.4.